The average molecular weight is 294 g/mol. The summed E-state index contributed by atoms with van der Waals surface area (Å²) >= 11 is 0. The molecule has 0 aromatic heterocycles. The van der Waals surface area contributed by atoms with Gasteiger partial charge in [-0.05, 0) is 30.2 Å². The number of rotatable bonds is 3. The molecule has 1 atom stereocenters. The largest absolute Gasteiger partial charge is 0.416 e. The van der Waals surface area contributed by atoms with Crippen molar-refractivity contribution in [1.29, 1.82) is 0 Å². The lowest BCUT2D eigenvalue weighted by Crippen LogP contribution is -2.14. The molecule has 0 aliphatic rings. The minimum atomic E-state index is -4.45. The minimum Gasteiger partial charge on any atom is -0.380 e. The smallest absolute Gasteiger partial charge is 0.380 e. The molecule has 1 N–H and O–H groups in total. The summed E-state index contributed by atoms with van der Waals surface area (Å²) in [4.78, 5) is 12.2. The Morgan fingerprint density at radius 1 is 1.10 bits per heavy atom. The summed E-state index contributed by atoms with van der Waals surface area (Å²) in [7, 11) is 0. The van der Waals surface area contributed by atoms with Gasteiger partial charge in [0.1, 0.15) is 6.10 Å². The Kier molecular flexibility index (Phi) is 4.14. The molecule has 2 nitrogen and oxygen atoms in total. The van der Waals surface area contributed by atoms with Crippen molar-refractivity contribution in [3.63, 3.8) is 0 Å². The third-order valence-corrected chi connectivity index (χ3v) is 3.18. The van der Waals surface area contributed by atoms with Gasteiger partial charge >= 0.3 is 6.18 Å². The van der Waals surface area contributed by atoms with Crippen LogP contribution in [-0.4, -0.2) is 10.9 Å². The first-order valence-electron chi connectivity index (χ1n) is 6.26. The summed E-state index contributed by atoms with van der Waals surface area (Å²) in [6, 6.07) is 11.1. The summed E-state index contributed by atoms with van der Waals surface area (Å²) in [5.74, 6) is -0.618. The lowest BCUT2D eigenvalue weighted by molar-refractivity contribution is -0.137. The van der Waals surface area contributed by atoms with Crippen molar-refractivity contribution in [1.82, 2.24) is 0 Å². The SMILES string of the molecule is Cc1cc(C(F)(F)F)ccc1C(=O)C(O)c1ccccc1. The van der Waals surface area contributed by atoms with Crippen LogP contribution >= 0.6 is 0 Å². The number of carbonyl (C=O) groups is 1. The van der Waals surface area contributed by atoms with Crippen LogP contribution in [0, 0.1) is 6.92 Å². The molecule has 0 bridgehead atoms. The molecule has 1 unspecified atom stereocenters. The van der Waals surface area contributed by atoms with Gasteiger partial charge in [0.15, 0.2) is 5.78 Å². The van der Waals surface area contributed by atoms with E-state index >= 15 is 0 Å². The second kappa shape index (κ2) is 5.69. The Balaban J connectivity index is 2.32. The molecule has 0 aliphatic carbocycles. The number of hydrogen-bond acceptors (Lipinski definition) is 2. The molecular weight excluding hydrogens is 281 g/mol. The molecule has 0 heterocycles. The standard InChI is InChI=1S/C16H13F3O2/c1-10-9-12(16(17,18)19)7-8-13(10)15(21)14(20)11-5-3-2-4-6-11/h2-9,14,20H,1H3. The summed E-state index contributed by atoms with van der Waals surface area (Å²) < 4.78 is 37.8. The zero-order chi connectivity index (χ0) is 15.6. The van der Waals surface area contributed by atoms with Gasteiger partial charge in [0.25, 0.3) is 0 Å². The first-order valence-corrected chi connectivity index (χ1v) is 6.26. The van der Waals surface area contributed by atoms with Gasteiger partial charge in [-0.15, -0.1) is 0 Å². The molecular formula is C16H13F3O2. The Morgan fingerprint density at radius 3 is 2.24 bits per heavy atom. The number of aryl methyl sites for hydroxylation is 1. The van der Waals surface area contributed by atoms with E-state index in [1.165, 1.54) is 6.92 Å². The zero-order valence-electron chi connectivity index (χ0n) is 11.2. The highest BCUT2D eigenvalue weighted by molar-refractivity contribution is 6.01. The van der Waals surface area contributed by atoms with E-state index in [1.807, 2.05) is 0 Å². The molecule has 0 saturated carbocycles. The van der Waals surface area contributed by atoms with Crippen LogP contribution in [0.2, 0.25) is 0 Å². The first kappa shape index (κ1) is 15.3. The molecule has 5 heteroatoms. The van der Waals surface area contributed by atoms with E-state index < -0.39 is 23.6 Å². The van der Waals surface area contributed by atoms with Crippen LogP contribution in [0.1, 0.15) is 33.2 Å². The minimum absolute atomic E-state index is 0.0827. The third kappa shape index (κ3) is 3.31. The molecule has 0 fully saturated rings. The molecule has 2 aromatic carbocycles. The van der Waals surface area contributed by atoms with Crippen molar-refractivity contribution in [3.8, 4) is 0 Å². The number of benzene rings is 2. The molecule has 2 aromatic rings. The van der Waals surface area contributed by atoms with Crippen LogP contribution in [-0.2, 0) is 6.18 Å². The molecule has 0 radical (unpaired) electrons. The van der Waals surface area contributed by atoms with E-state index in [-0.39, 0.29) is 11.1 Å². The topological polar surface area (TPSA) is 37.3 Å². The van der Waals surface area contributed by atoms with E-state index in [0.29, 0.717) is 5.56 Å². The highest BCUT2D eigenvalue weighted by Crippen LogP contribution is 2.31. The van der Waals surface area contributed by atoms with E-state index in [9.17, 15) is 23.1 Å². The Hall–Kier alpha value is -2.14. The maximum Gasteiger partial charge on any atom is 0.416 e. The molecule has 0 aliphatic heterocycles. The zero-order valence-corrected chi connectivity index (χ0v) is 11.2. The second-order valence-electron chi connectivity index (χ2n) is 4.70. The normalized spacial score (nSPS) is 13.0. The summed E-state index contributed by atoms with van der Waals surface area (Å²) in [6.45, 7) is 1.42. The van der Waals surface area contributed by atoms with E-state index in [1.54, 1.807) is 30.3 Å². The Morgan fingerprint density at radius 2 is 1.71 bits per heavy atom. The highest BCUT2D eigenvalue weighted by atomic mass is 19.4. The first-order chi connectivity index (χ1) is 9.80. The van der Waals surface area contributed by atoms with Crippen molar-refractivity contribution in [3.05, 3.63) is 70.8 Å². The van der Waals surface area contributed by atoms with Gasteiger partial charge in [0, 0.05) is 5.56 Å². The average Bonchev–Trinajstić information content (AvgIpc) is 2.45. The lowest BCUT2D eigenvalue weighted by Gasteiger charge is -2.14. The molecule has 110 valence electrons. The van der Waals surface area contributed by atoms with Crippen LogP contribution in [0.4, 0.5) is 13.2 Å². The molecule has 21 heavy (non-hydrogen) atoms. The van der Waals surface area contributed by atoms with Crippen LogP contribution in [0.3, 0.4) is 0 Å². The Bertz CT molecular complexity index is 648. The van der Waals surface area contributed by atoms with Gasteiger partial charge in [-0.1, -0.05) is 36.4 Å². The maximum atomic E-state index is 12.6. The van der Waals surface area contributed by atoms with Crippen LogP contribution in [0.25, 0.3) is 0 Å². The van der Waals surface area contributed by atoms with Crippen molar-refractivity contribution in [2.45, 2.75) is 19.2 Å². The van der Waals surface area contributed by atoms with E-state index in [2.05, 4.69) is 0 Å². The van der Waals surface area contributed by atoms with Crippen molar-refractivity contribution in [2.75, 3.05) is 0 Å². The van der Waals surface area contributed by atoms with Crippen LogP contribution < -0.4 is 0 Å². The number of halogens is 3. The predicted octanol–water partition coefficient (Wildman–Crippen LogP) is 3.93. The Labute approximate surface area is 119 Å². The highest BCUT2D eigenvalue weighted by Gasteiger charge is 2.31. The van der Waals surface area contributed by atoms with Crippen LogP contribution in [0.15, 0.2) is 48.5 Å². The number of carbonyl (C=O) groups excluding carboxylic acids is 1. The number of Topliss-reactive ketones (excluding diaryl/α,β-unsaturated/α-hetero) is 1. The van der Waals surface area contributed by atoms with Gasteiger partial charge < -0.3 is 5.11 Å². The fourth-order valence-corrected chi connectivity index (χ4v) is 2.05. The van der Waals surface area contributed by atoms with Gasteiger partial charge in [0.2, 0.25) is 0 Å². The predicted molar refractivity (Wildman–Crippen MR) is 71.9 cm³/mol. The van der Waals surface area contributed by atoms with Crippen LogP contribution in [0.5, 0.6) is 0 Å². The maximum absolute atomic E-state index is 12.6. The molecule has 0 spiro atoms. The number of ketones is 1. The number of aliphatic hydroxyl groups is 1. The number of aliphatic hydroxyl groups excluding tert-OH is 1. The fourth-order valence-electron chi connectivity index (χ4n) is 2.05. The quantitative estimate of drug-likeness (QED) is 0.871. The monoisotopic (exact) mass is 294 g/mol. The second-order valence-corrected chi connectivity index (χ2v) is 4.70. The molecule has 0 saturated heterocycles. The third-order valence-electron chi connectivity index (χ3n) is 3.18. The summed E-state index contributed by atoms with van der Waals surface area (Å²) in [5.41, 5.74) is -0.142. The fraction of sp³-hybridized carbons (Fsp3) is 0.188. The number of alkyl halides is 3. The van der Waals surface area contributed by atoms with E-state index in [4.69, 9.17) is 0 Å². The van der Waals surface area contributed by atoms with Gasteiger partial charge in [-0.2, -0.15) is 13.2 Å². The summed E-state index contributed by atoms with van der Waals surface area (Å²) in [6.07, 6.45) is -5.84. The van der Waals surface area contributed by atoms with Gasteiger partial charge in [0.05, 0.1) is 5.56 Å². The molecule has 0 amide bonds. The lowest BCUT2D eigenvalue weighted by atomic mass is 9.95. The van der Waals surface area contributed by atoms with Crippen molar-refractivity contribution in [2.24, 2.45) is 0 Å². The summed E-state index contributed by atoms with van der Waals surface area (Å²) in [5, 5.41) is 10.0. The van der Waals surface area contributed by atoms with Gasteiger partial charge in [-0.25, -0.2) is 0 Å². The number of hydrogen-bond donors (Lipinski definition) is 1. The van der Waals surface area contributed by atoms with E-state index in [0.717, 1.165) is 18.2 Å². The van der Waals surface area contributed by atoms with Crippen molar-refractivity contribution >= 4 is 5.78 Å². The van der Waals surface area contributed by atoms with Crippen molar-refractivity contribution < 1.29 is 23.1 Å². The molecule has 2 rings (SSSR count). The van der Waals surface area contributed by atoms with Gasteiger partial charge in [-0.3, -0.25) is 4.79 Å².